The van der Waals surface area contributed by atoms with Crippen molar-refractivity contribution in [3.63, 3.8) is 0 Å². The maximum absolute atomic E-state index is 12.0. The molecule has 1 aliphatic rings. The number of urea groups is 1. The second-order valence-corrected chi connectivity index (χ2v) is 6.65. The molecule has 2 unspecified atom stereocenters. The first-order valence-electron chi connectivity index (χ1n) is 7.62. The normalized spacial score (nSPS) is 19.3. The second-order valence-electron chi connectivity index (χ2n) is 5.81. The lowest BCUT2D eigenvalue weighted by Gasteiger charge is -2.18. The molecule has 2 amide bonds. The number of likely N-dealkylation sites (tertiary alicyclic amines) is 1. The van der Waals surface area contributed by atoms with Gasteiger partial charge >= 0.3 is 6.03 Å². The highest BCUT2D eigenvalue weighted by Gasteiger charge is 2.28. The first kappa shape index (κ1) is 17.4. The zero-order valence-electron chi connectivity index (χ0n) is 12.7. The van der Waals surface area contributed by atoms with E-state index in [0.29, 0.717) is 29.7 Å². The van der Waals surface area contributed by atoms with Crippen LogP contribution >= 0.6 is 23.2 Å². The van der Waals surface area contributed by atoms with Crippen LogP contribution in [0.15, 0.2) is 18.2 Å². The van der Waals surface area contributed by atoms with Gasteiger partial charge in [0.2, 0.25) is 0 Å². The lowest BCUT2D eigenvalue weighted by molar-refractivity contribution is 0.129. The Bertz CT molecular complexity index is 523. The van der Waals surface area contributed by atoms with Crippen LogP contribution in [0.5, 0.6) is 0 Å². The fourth-order valence-corrected chi connectivity index (χ4v) is 3.18. The van der Waals surface area contributed by atoms with E-state index < -0.39 is 0 Å². The molecule has 0 bridgehead atoms. The second kappa shape index (κ2) is 8.04. The Morgan fingerprint density at radius 3 is 2.91 bits per heavy atom. The molecular formula is C16H22Cl2N2O2. The van der Waals surface area contributed by atoms with E-state index in [-0.39, 0.29) is 18.1 Å². The van der Waals surface area contributed by atoms with E-state index in [1.807, 2.05) is 12.1 Å². The van der Waals surface area contributed by atoms with Crippen LogP contribution < -0.4 is 5.32 Å². The van der Waals surface area contributed by atoms with Crippen LogP contribution in [0.2, 0.25) is 10.0 Å². The SMILES string of the molecule is CC(O)C1CCN(C(=O)NCCCc2ccc(Cl)cc2Cl)C1. The van der Waals surface area contributed by atoms with Crippen molar-refractivity contribution in [2.75, 3.05) is 19.6 Å². The van der Waals surface area contributed by atoms with E-state index in [1.165, 1.54) is 0 Å². The van der Waals surface area contributed by atoms with Crippen LogP contribution in [0.4, 0.5) is 4.79 Å². The molecule has 0 aliphatic carbocycles. The summed E-state index contributed by atoms with van der Waals surface area (Å²) in [5.41, 5.74) is 1.04. The van der Waals surface area contributed by atoms with Gasteiger partial charge in [-0.2, -0.15) is 0 Å². The van der Waals surface area contributed by atoms with Crippen molar-refractivity contribution in [2.24, 2.45) is 5.92 Å². The number of halogens is 2. The van der Waals surface area contributed by atoms with Gasteiger partial charge < -0.3 is 15.3 Å². The van der Waals surface area contributed by atoms with E-state index in [9.17, 15) is 9.90 Å². The fraction of sp³-hybridized carbons (Fsp3) is 0.562. The van der Waals surface area contributed by atoms with Gasteiger partial charge in [0.05, 0.1) is 6.10 Å². The number of nitrogens with one attached hydrogen (secondary N) is 1. The van der Waals surface area contributed by atoms with Gasteiger partial charge in [-0.1, -0.05) is 29.3 Å². The largest absolute Gasteiger partial charge is 0.393 e. The van der Waals surface area contributed by atoms with Gasteiger partial charge in [0, 0.05) is 35.6 Å². The average Bonchev–Trinajstić information content (AvgIpc) is 2.95. The number of aliphatic hydroxyl groups excluding tert-OH is 1. The van der Waals surface area contributed by atoms with Gasteiger partial charge in [0.1, 0.15) is 0 Å². The number of hydrogen-bond donors (Lipinski definition) is 2. The summed E-state index contributed by atoms with van der Waals surface area (Å²) in [5, 5.41) is 13.8. The molecule has 0 radical (unpaired) electrons. The zero-order valence-corrected chi connectivity index (χ0v) is 14.2. The maximum atomic E-state index is 12.0. The third-order valence-electron chi connectivity index (χ3n) is 4.11. The first-order chi connectivity index (χ1) is 10.5. The summed E-state index contributed by atoms with van der Waals surface area (Å²) in [6.45, 7) is 3.73. The van der Waals surface area contributed by atoms with E-state index in [4.69, 9.17) is 23.2 Å². The summed E-state index contributed by atoms with van der Waals surface area (Å²) >= 11 is 12.0. The van der Waals surface area contributed by atoms with E-state index in [2.05, 4.69) is 5.32 Å². The Hall–Kier alpha value is -0.970. The molecule has 1 aliphatic heterocycles. The van der Waals surface area contributed by atoms with Crippen molar-refractivity contribution in [1.29, 1.82) is 0 Å². The number of aliphatic hydroxyl groups is 1. The zero-order chi connectivity index (χ0) is 16.1. The maximum Gasteiger partial charge on any atom is 0.317 e. The number of carbonyl (C=O) groups excluding carboxylic acids is 1. The van der Waals surface area contributed by atoms with Crippen molar-refractivity contribution in [1.82, 2.24) is 10.2 Å². The van der Waals surface area contributed by atoms with Crippen LogP contribution in [-0.4, -0.2) is 41.8 Å². The molecule has 4 nitrogen and oxygen atoms in total. The molecule has 122 valence electrons. The smallest absolute Gasteiger partial charge is 0.317 e. The summed E-state index contributed by atoms with van der Waals surface area (Å²) in [4.78, 5) is 13.8. The molecule has 2 rings (SSSR count). The highest BCUT2D eigenvalue weighted by molar-refractivity contribution is 6.35. The number of rotatable bonds is 5. The number of amides is 2. The number of nitrogens with zero attached hydrogens (tertiary/aromatic N) is 1. The lowest BCUT2D eigenvalue weighted by Crippen LogP contribution is -2.39. The molecule has 0 aromatic heterocycles. The topological polar surface area (TPSA) is 52.6 Å². The van der Waals surface area contributed by atoms with Crippen molar-refractivity contribution < 1.29 is 9.90 Å². The molecular weight excluding hydrogens is 323 g/mol. The minimum absolute atomic E-state index is 0.0506. The molecule has 1 aromatic carbocycles. The summed E-state index contributed by atoms with van der Waals surface area (Å²) in [5.74, 6) is 0.193. The van der Waals surface area contributed by atoms with Crippen LogP contribution in [0.3, 0.4) is 0 Å². The number of benzene rings is 1. The van der Waals surface area contributed by atoms with E-state index >= 15 is 0 Å². The quantitative estimate of drug-likeness (QED) is 0.805. The number of hydrogen-bond acceptors (Lipinski definition) is 2. The molecule has 0 saturated carbocycles. The molecule has 2 N–H and O–H groups in total. The summed E-state index contributed by atoms with van der Waals surface area (Å²) in [6, 6.07) is 5.42. The van der Waals surface area contributed by atoms with Crippen molar-refractivity contribution in [3.05, 3.63) is 33.8 Å². The Morgan fingerprint density at radius 2 is 2.27 bits per heavy atom. The third kappa shape index (κ3) is 4.77. The molecule has 6 heteroatoms. The van der Waals surface area contributed by atoms with Crippen molar-refractivity contribution >= 4 is 29.2 Å². The van der Waals surface area contributed by atoms with Gasteiger partial charge in [0.15, 0.2) is 0 Å². The minimum atomic E-state index is -0.357. The Morgan fingerprint density at radius 1 is 1.50 bits per heavy atom. The monoisotopic (exact) mass is 344 g/mol. The summed E-state index contributed by atoms with van der Waals surface area (Å²) in [7, 11) is 0. The van der Waals surface area contributed by atoms with Crippen LogP contribution in [-0.2, 0) is 6.42 Å². The van der Waals surface area contributed by atoms with E-state index in [1.54, 1.807) is 17.9 Å². The van der Waals surface area contributed by atoms with Crippen molar-refractivity contribution in [3.8, 4) is 0 Å². The van der Waals surface area contributed by atoms with Crippen LogP contribution in [0.25, 0.3) is 0 Å². The Balaban J connectivity index is 1.69. The van der Waals surface area contributed by atoms with Gasteiger partial charge in [-0.25, -0.2) is 4.79 Å². The van der Waals surface area contributed by atoms with Crippen molar-refractivity contribution in [2.45, 2.75) is 32.3 Å². The Labute approximate surface area is 141 Å². The highest BCUT2D eigenvalue weighted by Crippen LogP contribution is 2.22. The van der Waals surface area contributed by atoms with Gasteiger partial charge in [0.25, 0.3) is 0 Å². The molecule has 22 heavy (non-hydrogen) atoms. The Kier molecular flexibility index (Phi) is 6.36. The summed E-state index contributed by atoms with van der Waals surface area (Å²) < 4.78 is 0. The number of carbonyl (C=O) groups is 1. The molecule has 1 saturated heterocycles. The van der Waals surface area contributed by atoms with E-state index in [0.717, 1.165) is 24.8 Å². The predicted octanol–water partition coefficient (Wildman–Crippen LogP) is 3.34. The number of aryl methyl sites for hydroxylation is 1. The standard InChI is InChI=1S/C16H22Cl2N2O2/c1-11(21)13-6-8-20(10-13)16(22)19-7-2-3-12-4-5-14(17)9-15(12)18/h4-5,9,11,13,21H,2-3,6-8,10H2,1H3,(H,19,22). The van der Waals surface area contributed by atoms with Gasteiger partial charge in [-0.3, -0.25) is 0 Å². The minimum Gasteiger partial charge on any atom is -0.393 e. The molecule has 0 spiro atoms. The highest BCUT2D eigenvalue weighted by atomic mass is 35.5. The van der Waals surface area contributed by atoms with Crippen LogP contribution in [0, 0.1) is 5.92 Å². The molecule has 2 atom stereocenters. The average molecular weight is 345 g/mol. The van der Waals surface area contributed by atoms with Gasteiger partial charge in [-0.15, -0.1) is 0 Å². The molecule has 1 heterocycles. The van der Waals surface area contributed by atoms with Crippen LogP contribution in [0.1, 0.15) is 25.3 Å². The summed E-state index contributed by atoms with van der Waals surface area (Å²) in [6.07, 6.45) is 2.13. The van der Waals surface area contributed by atoms with Gasteiger partial charge in [-0.05, 0) is 43.9 Å². The molecule has 1 fully saturated rings. The predicted molar refractivity (Wildman–Crippen MR) is 89.5 cm³/mol. The first-order valence-corrected chi connectivity index (χ1v) is 8.37. The lowest BCUT2D eigenvalue weighted by atomic mass is 10.0. The molecule has 1 aromatic rings. The fourth-order valence-electron chi connectivity index (χ4n) is 2.68. The third-order valence-corrected chi connectivity index (χ3v) is 4.70.